The molecule has 0 saturated heterocycles. The van der Waals surface area contributed by atoms with Crippen LogP contribution >= 0.6 is 0 Å². The molecule has 2 aromatic rings. The van der Waals surface area contributed by atoms with Crippen molar-refractivity contribution in [2.24, 2.45) is 0 Å². The Morgan fingerprint density at radius 2 is 1.74 bits per heavy atom. The molecule has 0 fully saturated rings. The zero-order chi connectivity index (χ0) is 20.0. The van der Waals surface area contributed by atoms with Crippen LogP contribution in [0.25, 0.3) is 0 Å². The number of carbonyl (C=O) groups excluding carboxylic acids is 1. The van der Waals surface area contributed by atoms with Gasteiger partial charge in [0.15, 0.2) is 6.10 Å². The number of amides is 1. The summed E-state index contributed by atoms with van der Waals surface area (Å²) in [6, 6.07) is 14.0. The number of benzene rings is 2. The van der Waals surface area contributed by atoms with Gasteiger partial charge in [-0.25, -0.2) is 0 Å². The molecule has 0 heterocycles. The summed E-state index contributed by atoms with van der Waals surface area (Å²) in [6.07, 6.45) is -0.564. The second kappa shape index (κ2) is 8.94. The highest BCUT2D eigenvalue weighted by atomic mass is 16.5. The molecule has 0 aliphatic carbocycles. The SMILES string of the molecule is Cc1ccc(C)c(OCCNC(=O)C(C)Oc2ccc(C(C)(C)C)cc2)c1. The zero-order valence-corrected chi connectivity index (χ0v) is 17.3. The predicted molar refractivity (Wildman–Crippen MR) is 110 cm³/mol. The fraction of sp³-hybridized carbons (Fsp3) is 0.435. The summed E-state index contributed by atoms with van der Waals surface area (Å²) in [5.74, 6) is 1.39. The van der Waals surface area contributed by atoms with Crippen molar-refractivity contribution in [1.29, 1.82) is 0 Å². The molecular formula is C23H31NO3. The third kappa shape index (κ3) is 6.31. The van der Waals surface area contributed by atoms with Gasteiger partial charge in [-0.2, -0.15) is 0 Å². The van der Waals surface area contributed by atoms with Gasteiger partial charge in [-0.15, -0.1) is 0 Å². The molecule has 27 heavy (non-hydrogen) atoms. The van der Waals surface area contributed by atoms with E-state index in [1.807, 2.05) is 50.2 Å². The molecule has 2 aromatic carbocycles. The lowest BCUT2D eigenvalue weighted by molar-refractivity contribution is -0.127. The number of aryl methyl sites for hydroxylation is 2. The summed E-state index contributed by atoms with van der Waals surface area (Å²) in [6.45, 7) is 13.1. The van der Waals surface area contributed by atoms with E-state index >= 15 is 0 Å². The van der Waals surface area contributed by atoms with Crippen LogP contribution in [0.1, 0.15) is 44.4 Å². The van der Waals surface area contributed by atoms with Crippen LogP contribution in [0.2, 0.25) is 0 Å². The van der Waals surface area contributed by atoms with Crippen LogP contribution in [0.15, 0.2) is 42.5 Å². The van der Waals surface area contributed by atoms with E-state index in [4.69, 9.17) is 9.47 Å². The lowest BCUT2D eigenvalue weighted by Gasteiger charge is -2.20. The summed E-state index contributed by atoms with van der Waals surface area (Å²) in [4.78, 5) is 12.2. The molecule has 1 N–H and O–H groups in total. The minimum absolute atomic E-state index is 0.0944. The molecule has 146 valence electrons. The first-order valence-corrected chi connectivity index (χ1v) is 9.42. The van der Waals surface area contributed by atoms with Crippen LogP contribution in [-0.4, -0.2) is 25.2 Å². The lowest BCUT2D eigenvalue weighted by atomic mass is 9.87. The number of hydrogen-bond acceptors (Lipinski definition) is 3. The van der Waals surface area contributed by atoms with Gasteiger partial charge in [0.25, 0.3) is 5.91 Å². The smallest absolute Gasteiger partial charge is 0.260 e. The van der Waals surface area contributed by atoms with E-state index in [0.29, 0.717) is 18.9 Å². The summed E-state index contributed by atoms with van der Waals surface area (Å²) < 4.78 is 11.5. The van der Waals surface area contributed by atoms with Crippen molar-refractivity contribution in [2.75, 3.05) is 13.2 Å². The van der Waals surface area contributed by atoms with Crippen LogP contribution in [0.4, 0.5) is 0 Å². The molecule has 1 atom stereocenters. The van der Waals surface area contributed by atoms with Crippen LogP contribution in [-0.2, 0) is 10.2 Å². The van der Waals surface area contributed by atoms with Gasteiger partial charge in [-0.1, -0.05) is 45.0 Å². The molecule has 1 amide bonds. The molecule has 0 aliphatic heterocycles. The van der Waals surface area contributed by atoms with Crippen molar-refractivity contribution in [3.63, 3.8) is 0 Å². The van der Waals surface area contributed by atoms with E-state index in [9.17, 15) is 4.79 Å². The Morgan fingerprint density at radius 3 is 2.37 bits per heavy atom. The Balaban J connectivity index is 1.77. The molecule has 0 radical (unpaired) electrons. The third-order valence-electron chi connectivity index (χ3n) is 4.40. The third-order valence-corrected chi connectivity index (χ3v) is 4.40. The van der Waals surface area contributed by atoms with E-state index in [0.717, 1.165) is 16.9 Å². The molecule has 0 spiro atoms. The van der Waals surface area contributed by atoms with Crippen LogP contribution in [0, 0.1) is 13.8 Å². The summed E-state index contributed by atoms with van der Waals surface area (Å²) in [5.41, 5.74) is 3.56. The van der Waals surface area contributed by atoms with Gasteiger partial charge in [0, 0.05) is 0 Å². The minimum Gasteiger partial charge on any atom is -0.491 e. The number of carbonyl (C=O) groups is 1. The lowest BCUT2D eigenvalue weighted by Crippen LogP contribution is -2.38. The monoisotopic (exact) mass is 369 g/mol. The van der Waals surface area contributed by atoms with Crippen LogP contribution in [0.3, 0.4) is 0 Å². The average molecular weight is 370 g/mol. The van der Waals surface area contributed by atoms with Crippen molar-refractivity contribution in [3.8, 4) is 11.5 Å². The average Bonchev–Trinajstić information content (AvgIpc) is 2.61. The number of nitrogens with one attached hydrogen (secondary N) is 1. The Kier molecular flexibility index (Phi) is 6.89. The van der Waals surface area contributed by atoms with E-state index in [2.05, 4.69) is 32.2 Å². The Bertz CT molecular complexity index is 760. The zero-order valence-electron chi connectivity index (χ0n) is 17.3. The van der Waals surface area contributed by atoms with Crippen molar-refractivity contribution >= 4 is 5.91 Å². The number of hydrogen-bond donors (Lipinski definition) is 1. The largest absolute Gasteiger partial charge is 0.491 e. The van der Waals surface area contributed by atoms with Crippen LogP contribution in [0.5, 0.6) is 11.5 Å². The van der Waals surface area contributed by atoms with Crippen molar-refractivity contribution in [1.82, 2.24) is 5.32 Å². The predicted octanol–water partition coefficient (Wildman–Crippen LogP) is 4.56. The summed E-state index contributed by atoms with van der Waals surface area (Å²) >= 11 is 0. The maximum absolute atomic E-state index is 12.2. The minimum atomic E-state index is -0.564. The Morgan fingerprint density at radius 1 is 1.07 bits per heavy atom. The maximum atomic E-state index is 12.2. The van der Waals surface area contributed by atoms with Crippen molar-refractivity contribution in [3.05, 3.63) is 59.2 Å². The van der Waals surface area contributed by atoms with Crippen molar-refractivity contribution < 1.29 is 14.3 Å². The summed E-state index contributed by atoms with van der Waals surface area (Å²) in [5, 5.41) is 2.85. The van der Waals surface area contributed by atoms with E-state index in [1.165, 1.54) is 5.56 Å². The first kappa shape index (κ1) is 20.8. The molecule has 0 aliphatic rings. The molecular weight excluding hydrogens is 338 g/mol. The van der Waals surface area contributed by atoms with Gasteiger partial charge in [0.2, 0.25) is 0 Å². The maximum Gasteiger partial charge on any atom is 0.260 e. The Hall–Kier alpha value is -2.49. The molecule has 4 nitrogen and oxygen atoms in total. The first-order chi connectivity index (χ1) is 12.7. The van der Waals surface area contributed by atoms with E-state index in [1.54, 1.807) is 6.92 Å². The Labute approximate surface area is 162 Å². The normalized spacial score (nSPS) is 12.4. The summed E-state index contributed by atoms with van der Waals surface area (Å²) in [7, 11) is 0. The molecule has 0 bridgehead atoms. The topological polar surface area (TPSA) is 47.6 Å². The fourth-order valence-corrected chi connectivity index (χ4v) is 2.63. The standard InChI is InChI=1S/C23H31NO3/c1-16-7-8-17(2)21(15-16)26-14-13-24-22(25)18(3)27-20-11-9-19(10-12-20)23(4,5)6/h7-12,15,18H,13-14H2,1-6H3,(H,24,25). The van der Waals surface area contributed by atoms with Gasteiger partial charge in [0.1, 0.15) is 18.1 Å². The second-order valence-electron chi connectivity index (χ2n) is 7.94. The van der Waals surface area contributed by atoms with Gasteiger partial charge in [-0.3, -0.25) is 4.79 Å². The van der Waals surface area contributed by atoms with Crippen molar-refractivity contribution in [2.45, 2.75) is 53.1 Å². The highest BCUT2D eigenvalue weighted by Crippen LogP contribution is 2.24. The molecule has 0 saturated carbocycles. The number of rotatable bonds is 7. The fourth-order valence-electron chi connectivity index (χ4n) is 2.63. The highest BCUT2D eigenvalue weighted by molar-refractivity contribution is 5.80. The molecule has 2 rings (SSSR count). The molecule has 4 heteroatoms. The van der Waals surface area contributed by atoms with Gasteiger partial charge >= 0.3 is 0 Å². The molecule has 1 unspecified atom stereocenters. The van der Waals surface area contributed by atoms with E-state index < -0.39 is 6.10 Å². The van der Waals surface area contributed by atoms with Gasteiger partial charge < -0.3 is 14.8 Å². The van der Waals surface area contributed by atoms with Crippen LogP contribution < -0.4 is 14.8 Å². The van der Waals surface area contributed by atoms with Gasteiger partial charge in [-0.05, 0) is 61.1 Å². The van der Waals surface area contributed by atoms with E-state index in [-0.39, 0.29) is 11.3 Å². The van der Waals surface area contributed by atoms with Gasteiger partial charge in [0.05, 0.1) is 6.54 Å². The number of ether oxygens (including phenoxy) is 2. The second-order valence-corrected chi connectivity index (χ2v) is 7.94. The highest BCUT2D eigenvalue weighted by Gasteiger charge is 2.16. The first-order valence-electron chi connectivity index (χ1n) is 9.42. The quantitative estimate of drug-likeness (QED) is 0.728. The molecule has 0 aromatic heterocycles.